The van der Waals surface area contributed by atoms with Gasteiger partial charge in [-0.05, 0) is 116 Å². The minimum absolute atomic E-state index is 0.107. The summed E-state index contributed by atoms with van der Waals surface area (Å²) in [5, 5.41) is 0. The fourth-order valence-corrected chi connectivity index (χ4v) is 8.01. The molecule has 0 N–H and O–H groups in total. The van der Waals surface area contributed by atoms with Crippen molar-refractivity contribution >= 4 is 17.9 Å². The van der Waals surface area contributed by atoms with Gasteiger partial charge in [-0.2, -0.15) is 0 Å². The molecule has 0 aromatic carbocycles. The number of allylic oxidation sites excluding steroid dienone is 20. The SMILES string of the molecule is CC/C=C\C/C=C\C/C=C\C/C=C\C/C=C\CCCCCCCCCCCCCC(=O)OCC(COC(=O)CC/C=C\C/C=C\C/C=C\C/C=C\CC)OC(=O)CCCCCCC/C=C\CCCCCCCC. The van der Waals surface area contributed by atoms with E-state index >= 15 is 0 Å². The molecule has 0 saturated heterocycles. The van der Waals surface area contributed by atoms with Crippen molar-refractivity contribution in [3.63, 3.8) is 0 Å². The molecule has 0 bridgehead atoms. The zero-order valence-electron chi connectivity index (χ0n) is 47.4. The molecule has 0 aliphatic rings. The Morgan fingerprint density at radius 3 is 0.932 bits per heavy atom. The quantitative estimate of drug-likeness (QED) is 0.0261. The third kappa shape index (κ3) is 58.6. The smallest absolute Gasteiger partial charge is 0.306 e. The van der Waals surface area contributed by atoms with E-state index in [2.05, 4.69) is 136 Å². The van der Waals surface area contributed by atoms with Crippen molar-refractivity contribution in [1.82, 2.24) is 0 Å². The molecule has 0 aromatic heterocycles. The number of ether oxygens (including phenoxy) is 3. The highest BCUT2D eigenvalue weighted by molar-refractivity contribution is 5.71. The van der Waals surface area contributed by atoms with Crippen molar-refractivity contribution in [1.29, 1.82) is 0 Å². The summed E-state index contributed by atoms with van der Waals surface area (Å²) in [5.74, 6) is -1.00. The number of esters is 3. The molecule has 1 unspecified atom stereocenters. The topological polar surface area (TPSA) is 78.9 Å². The summed E-state index contributed by atoms with van der Waals surface area (Å²) in [6, 6.07) is 0. The second-order valence-corrected chi connectivity index (χ2v) is 19.5. The summed E-state index contributed by atoms with van der Waals surface area (Å²) >= 11 is 0. The maximum Gasteiger partial charge on any atom is 0.306 e. The Morgan fingerprint density at radius 1 is 0.288 bits per heavy atom. The lowest BCUT2D eigenvalue weighted by Gasteiger charge is -2.18. The van der Waals surface area contributed by atoms with Gasteiger partial charge in [0.15, 0.2) is 6.10 Å². The Morgan fingerprint density at radius 2 is 0.562 bits per heavy atom. The number of unbranched alkanes of at least 4 members (excludes halogenated alkanes) is 22. The molecule has 0 radical (unpaired) electrons. The Labute approximate surface area is 450 Å². The molecular formula is C67H110O6. The second kappa shape index (κ2) is 60.4. The number of carbonyl (C=O) groups is 3. The largest absolute Gasteiger partial charge is 0.462 e. The van der Waals surface area contributed by atoms with Crippen LogP contribution in [-0.2, 0) is 28.6 Å². The fraction of sp³-hybridized carbons (Fsp3) is 0.657. The monoisotopic (exact) mass is 1010 g/mol. The van der Waals surface area contributed by atoms with E-state index in [1.54, 1.807) is 0 Å². The van der Waals surface area contributed by atoms with Gasteiger partial charge in [0.25, 0.3) is 0 Å². The minimum Gasteiger partial charge on any atom is -0.462 e. The molecule has 6 heteroatoms. The van der Waals surface area contributed by atoms with Crippen LogP contribution in [0.25, 0.3) is 0 Å². The van der Waals surface area contributed by atoms with E-state index in [4.69, 9.17) is 14.2 Å². The van der Waals surface area contributed by atoms with Gasteiger partial charge < -0.3 is 14.2 Å². The molecule has 0 rings (SSSR count). The van der Waals surface area contributed by atoms with Gasteiger partial charge >= 0.3 is 17.9 Å². The number of rotatable bonds is 53. The van der Waals surface area contributed by atoms with Gasteiger partial charge in [-0.15, -0.1) is 0 Å². The maximum absolute atomic E-state index is 12.8. The van der Waals surface area contributed by atoms with Crippen LogP contribution in [0.2, 0.25) is 0 Å². The van der Waals surface area contributed by atoms with Crippen LogP contribution in [0.1, 0.15) is 265 Å². The molecule has 0 aromatic rings. The molecule has 1 atom stereocenters. The third-order valence-corrected chi connectivity index (χ3v) is 12.4. The lowest BCUT2D eigenvalue weighted by atomic mass is 10.0. The summed E-state index contributed by atoms with van der Waals surface area (Å²) in [5.41, 5.74) is 0. The summed E-state index contributed by atoms with van der Waals surface area (Å²) in [7, 11) is 0. The minimum atomic E-state index is -0.815. The van der Waals surface area contributed by atoms with Crippen molar-refractivity contribution in [3.8, 4) is 0 Å². The van der Waals surface area contributed by atoms with Gasteiger partial charge in [0.1, 0.15) is 13.2 Å². The second-order valence-electron chi connectivity index (χ2n) is 19.5. The molecule has 0 heterocycles. The third-order valence-electron chi connectivity index (χ3n) is 12.4. The van der Waals surface area contributed by atoms with E-state index < -0.39 is 6.10 Å². The predicted octanol–water partition coefficient (Wildman–Crippen LogP) is 20.4. The lowest BCUT2D eigenvalue weighted by Crippen LogP contribution is -2.30. The van der Waals surface area contributed by atoms with Crippen LogP contribution in [0.4, 0.5) is 0 Å². The van der Waals surface area contributed by atoms with E-state index in [-0.39, 0.29) is 37.5 Å². The fourth-order valence-electron chi connectivity index (χ4n) is 8.01. The lowest BCUT2D eigenvalue weighted by molar-refractivity contribution is -0.166. The molecule has 6 nitrogen and oxygen atoms in total. The van der Waals surface area contributed by atoms with Gasteiger partial charge in [-0.1, -0.05) is 251 Å². The average Bonchev–Trinajstić information content (AvgIpc) is 3.39. The summed E-state index contributed by atoms with van der Waals surface area (Å²) in [6.07, 6.45) is 83.6. The van der Waals surface area contributed by atoms with Crippen molar-refractivity contribution < 1.29 is 28.6 Å². The van der Waals surface area contributed by atoms with E-state index in [9.17, 15) is 14.4 Å². The number of carbonyl (C=O) groups excluding carboxylic acids is 3. The van der Waals surface area contributed by atoms with Crippen LogP contribution in [0.15, 0.2) is 122 Å². The normalized spacial score (nSPS) is 13.0. The summed E-state index contributed by atoms with van der Waals surface area (Å²) < 4.78 is 16.8. The molecule has 0 aliphatic carbocycles. The molecule has 414 valence electrons. The van der Waals surface area contributed by atoms with Gasteiger partial charge in [-0.3, -0.25) is 14.4 Å². The molecule has 73 heavy (non-hydrogen) atoms. The Bertz CT molecular complexity index is 1540. The maximum atomic E-state index is 12.8. The van der Waals surface area contributed by atoms with E-state index in [1.807, 2.05) is 6.08 Å². The van der Waals surface area contributed by atoms with Crippen LogP contribution in [-0.4, -0.2) is 37.2 Å². The van der Waals surface area contributed by atoms with Crippen molar-refractivity contribution in [2.24, 2.45) is 0 Å². The van der Waals surface area contributed by atoms with Crippen molar-refractivity contribution in [2.75, 3.05) is 13.2 Å². The van der Waals surface area contributed by atoms with E-state index in [0.717, 1.165) is 109 Å². The molecule has 0 saturated carbocycles. The molecule has 0 spiro atoms. The van der Waals surface area contributed by atoms with Crippen LogP contribution >= 0.6 is 0 Å². The van der Waals surface area contributed by atoms with Gasteiger partial charge in [0, 0.05) is 19.3 Å². The Kier molecular flexibility index (Phi) is 56.9. The van der Waals surface area contributed by atoms with E-state index in [1.165, 1.54) is 109 Å². The van der Waals surface area contributed by atoms with Crippen LogP contribution in [0.5, 0.6) is 0 Å². The number of hydrogen-bond acceptors (Lipinski definition) is 6. The standard InChI is InChI=1S/C67H110O6/c1-4-7-10-13-16-19-22-25-27-28-29-30-31-32-33-34-35-36-37-38-40-42-45-48-51-54-57-60-66(69)72-63-64(62-71-65(68)59-56-53-50-47-44-41-24-21-18-15-12-9-6-3)73-67(70)61-58-55-52-49-46-43-39-26-23-20-17-14-11-8-5-2/h7,9-10,12,16,18-19,21,25-27,29-30,32-33,39,41,44,50,53,64H,4-6,8,11,13-15,17,20,22-24,28,31,34-38,40,42-43,45-49,51-52,54-63H2,1-3H3/b10-7-,12-9-,19-16-,21-18-,27-25-,30-29-,33-32-,39-26-,44-41-,53-50-. The Hall–Kier alpha value is -4.19. The first-order valence-electron chi connectivity index (χ1n) is 30.0. The van der Waals surface area contributed by atoms with E-state index in [0.29, 0.717) is 19.3 Å². The highest BCUT2D eigenvalue weighted by Gasteiger charge is 2.19. The van der Waals surface area contributed by atoms with Gasteiger partial charge in [0.05, 0.1) is 0 Å². The predicted molar refractivity (Wildman–Crippen MR) is 316 cm³/mol. The molecule has 0 amide bonds. The van der Waals surface area contributed by atoms with Crippen LogP contribution < -0.4 is 0 Å². The first kappa shape index (κ1) is 68.8. The highest BCUT2D eigenvalue weighted by atomic mass is 16.6. The van der Waals surface area contributed by atoms with Crippen LogP contribution in [0.3, 0.4) is 0 Å². The highest BCUT2D eigenvalue weighted by Crippen LogP contribution is 2.15. The zero-order valence-corrected chi connectivity index (χ0v) is 47.4. The van der Waals surface area contributed by atoms with Crippen molar-refractivity contribution in [3.05, 3.63) is 122 Å². The summed E-state index contributed by atoms with van der Waals surface area (Å²) in [4.78, 5) is 38.1. The first-order chi connectivity index (χ1) is 36.0. The first-order valence-corrected chi connectivity index (χ1v) is 30.0. The zero-order chi connectivity index (χ0) is 52.9. The Balaban J connectivity index is 4.34. The molecule has 0 aliphatic heterocycles. The van der Waals surface area contributed by atoms with Gasteiger partial charge in [-0.25, -0.2) is 0 Å². The van der Waals surface area contributed by atoms with Crippen LogP contribution in [0, 0.1) is 0 Å². The summed E-state index contributed by atoms with van der Waals surface area (Å²) in [6.45, 7) is 6.33. The molecular weight excluding hydrogens is 901 g/mol. The molecule has 0 fully saturated rings. The van der Waals surface area contributed by atoms with Gasteiger partial charge in [0.2, 0.25) is 0 Å². The average molecular weight is 1010 g/mol. The van der Waals surface area contributed by atoms with Crippen molar-refractivity contribution in [2.45, 2.75) is 271 Å². The number of hydrogen-bond donors (Lipinski definition) is 0.